The number of aromatic amines is 1. The van der Waals surface area contributed by atoms with Gasteiger partial charge in [-0.15, -0.1) is 0 Å². The highest BCUT2D eigenvalue weighted by atomic mass is 19.1. The van der Waals surface area contributed by atoms with Crippen molar-refractivity contribution >= 4 is 17.0 Å². The molecule has 2 aromatic rings. The van der Waals surface area contributed by atoms with Crippen LogP contribution in [0.5, 0.6) is 0 Å². The first-order valence-electron chi connectivity index (χ1n) is 6.54. The minimum absolute atomic E-state index is 0.236. The van der Waals surface area contributed by atoms with Gasteiger partial charge in [0.05, 0.1) is 11.0 Å². The van der Waals surface area contributed by atoms with Crippen LogP contribution < -0.4 is 5.32 Å². The zero-order valence-electron chi connectivity index (χ0n) is 10.6. The van der Waals surface area contributed by atoms with E-state index >= 15 is 0 Å². The van der Waals surface area contributed by atoms with Gasteiger partial charge in [0.1, 0.15) is 5.82 Å². The maximum absolute atomic E-state index is 13.1. The fourth-order valence-electron chi connectivity index (χ4n) is 2.77. The van der Waals surface area contributed by atoms with E-state index in [0.29, 0.717) is 5.41 Å². The van der Waals surface area contributed by atoms with E-state index in [-0.39, 0.29) is 5.82 Å². The van der Waals surface area contributed by atoms with E-state index in [2.05, 4.69) is 22.2 Å². The van der Waals surface area contributed by atoms with Crippen LogP contribution in [0.25, 0.3) is 11.0 Å². The monoisotopic (exact) mass is 247 g/mol. The second-order valence-corrected chi connectivity index (χ2v) is 5.62. The third-order valence-corrected chi connectivity index (χ3v) is 3.94. The van der Waals surface area contributed by atoms with E-state index in [1.165, 1.54) is 37.8 Å². The van der Waals surface area contributed by atoms with E-state index in [0.717, 1.165) is 23.5 Å². The molecule has 0 saturated heterocycles. The largest absolute Gasteiger partial charge is 0.355 e. The Kier molecular flexibility index (Phi) is 2.73. The Labute approximate surface area is 106 Å². The van der Waals surface area contributed by atoms with Gasteiger partial charge in [0.2, 0.25) is 5.95 Å². The van der Waals surface area contributed by atoms with Crippen molar-refractivity contribution in [3.8, 4) is 0 Å². The second-order valence-electron chi connectivity index (χ2n) is 5.62. The summed E-state index contributed by atoms with van der Waals surface area (Å²) < 4.78 is 13.1. The van der Waals surface area contributed by atoms with Gasteiger partial charge >= 0.3 is 0 Å². The third-order valence-electron chi connectivity index (χ3n) is 3.94. The Balaban J connectivity index is 1.74. The number of fused-ring (bicyclic) bond motifs is 1. The van der Waals surface area contributed by atoms with Gasteiger partial charge in [0.25, 0.3) is 0 Å². The number of anilines is 1. The molecule has 1 fully saturated rings. The third kappa shape index (κ3) is 2.19. The number of halogens is 1. The first-order chi connectivity index (χ1) is 8.65. The molecule has 1 aliphatic carbocycles. The highest BCUT2D eigenvalue weighted by Crippen LogP contribution is 2.37. The molecule has 0 unspecified atom stereocenters. The summed E-state index contributed by atoms with van der Waals surface area (Å²) in [5, 5.41) is 3.35. The average Bonchev–Trinajstić information content (AvgIpc) is 2.93. The van der Waals surface area contributed by atoms with Crippen LogP contribution in [0.1, 0.15) is 32.6 Å². The van der Waals surface area contributed by atoms with E-state index < -0.39 is 0 Å². The van der Waals surface area contributed by atoms with Crippen molar-refractivity contribution in [1.29, 1.82) is 0 Å². The molecule has 0 atom stereocenters. The van der Waals surface area contributed by atoms with Gasteiger partial charge in [-0.2, -0.15) is 0 Å². The van der Waals surface area contributed by atoms with Gasteiger partial charge < -0.3 is 10.3 Å². The van der Waals surface area contributed by atoms with Gasteiger partial charge in [0, 0.05) is 6.54 Å². The second kappa shape index (κ2) is 4.26. The van der Waals surface area contributed by atoms with E-state index in [4.69, 9.17) is 0 Å². The molecule has 0 bridgehead atoms. The molecule has 2 N–H and O–H groups in total. The lowest BCUT2D eigenvalue weighted by molar-refractivity contribution is 0.361. The predicted octanol–water partition coefficient (Wildman–Crippen LogP) is 3.69. The molecular weight excluding hydrogens is 229 g/mol. The number of aromatic nitrogens is 2. The molecule has 4 heteroatoms. The number of hydrogen-bond acceptors (Lipinski definition) is 2. The van der Waals surface area contributed by atoms with Crippen LogP contribution in [0.3, 0.4) is 0 Å². The van der Waals surface area contributed by atoms with Crippen molar-refractivity contribution in [3.63, 3.8) is 0 Å². The van der Waals surface area contributed by atoms with Crippen molar-refractivity contribution in [2.75, 3.05) is 11.9 Å². The van der Waals surface area contributed by atoms with Crippen molar-refractivity contribution in [1.82, 2.24) is 9.97 Å². The fourth-order valence-corrected chi connectivity index (χ4v) is 2.77. The Morgan fingerprint density at radius 1 is 1.39 bits per heavy atom. The molecule has 0 aliphatic heterocycles. The predicted molar refractivity (Wildman–Crippen MR) is 71.1 cm³/mol. The maximum atomic E-state index is 13.1. The number of rotatable bonds is 3. The molecule has 96 valence electrons. The number of imidazole rings is 1. The lowest BCUT2D eigenvalue weighted by atomic mass is 9.89. The van der Waals surface area contributed by atoms with Crippen molar-refractivity contribution in [2.24, 2.45) is 5.41 Å². The van der Waals surface area contributed by atoms with Crippen molar-refractivity contribution in [2.45, 2.75) is 32.6 Å². The lowest BCUT2D eigenvalue weighted by Gasteiger charge is -2.23. The zero-order chi connectivity index (χ0) is 12.6. The van der Waals surface area contributed by atoms with Gasteiger partial charge in [-0.05, 0) is 36.5 Å². The average molecular weight is 247 g/mol. The minimum atomic E-state index is -0.236. The van der Waals surface area contributed by atoms with Crippen LogP contribution in [0.2, 0.25) is 0 Å². The lowest BCUT2D eigenvalue weighted by Crippen LogP contribution is -2.23. The van der Waals surface area contributed by atoms with E-state index in [9.17, 15) is 4.39 Å². The van der Waals surface area contributed by atoms with E-state index in [1.54, 1.807) is 6.07 Å². The molecule has 3 rings (SSSR count). The summed E-state index contributed by atoms with van der Waals surface area (Å²) in [7, 11) is 0. The summed E-state index contributed by atoms with van der Waals surface area (Å²) in [5.41, 5.74) is 1.93. The molecule has 18 heavy (non-hydrogen) atoms. The van der Waals surface area contributed by atoms with Crippen LogP contribution in [0.15, 0.2) is 18.2 Å². The molecule has 1 aromatic heterocycles. The normalized spacial score (nSPS) is 18.3. The standard InChI is InChI=1S/C14H18FN3/c1-14(6-2-3-7-14)9-16-13-17-11-5-4-10(15)8-12(11)18-13/h4-5,8H,2-3,6-7,9H2,1H3,(H2,16,17,18). The number of nitrogens with one attached hydrogen (secondary N) is 2. The highest BCUT2D eigenvalue weighted by Gasteiger charge is 2.28. The summed E-state index contributed by atoms with van der Waals surface area (Å²) in [6, 6.07) is 4.61. The van der Waals surface area contributed by atoms with E-state index in [1.807, 2.05) is 0 Å². The highest BCUT2D eigenvalue weighted by molar-refractivity contribution is 5.77. The van der Waals surface area contributed by atoms with Gasteiger partial charge in [-0.25, -0.2) is 9.37 Å². The number of benzene rings is 1. The van der Waals surface area contributed by atoms with Crippen LogP contribution in [0.4, 0.5) is 10.3 Å². The summed E-state index contributed by atoms with van der Waals surface area (Å²) in [6.07, 6.45) is 5.19. The van der Waals surface area contributed by atoms with Crippen LogP contribution in [0, 0.1) is 11.2 Å². The van der Waals surface area contributed by atoms with Crippen molar-refractivity contribution < 1.29 is 4.39 Å². The molecular formula is C14H18FN3. The molecule has 0 spiro atoms. The summed E-state index contributed by atoms with van der Waals surface area (Å²) >= 11 is 0. The maximum Gasteiger partial charge on any atom is 0.201 e. The quantitative estimate of drug-likeness (QED) is 0.868. The molecule has 1 aromatic carbocycles. The molecule has 0 radical (unpaired) electrons. The number of hydrogen-bond donors (Lipinski definition) is 2. The topological polar surface area (TPSA) is 40.7 Å². The minimum Gasteiger partial charge on any atom is -0.355 e. The zero-order valence-corrected chi connectivity index (χ0v) is 10.6. The van der Waals surface area contributed by atoms with Crippen LogP contribution in [-0.2, 0) is 0 Å². The SMILES string of the molecule is CC1(CNc2nc3ccc(F)cc3[nH]2)CCCC1. The van der Waals surface area contributed by atoms with Crippen LogP contribution in [-0.4, -0.2) is 16.5 Å². The summed E-state index contributed by atoms with van der Waals surface area (Å²) in [6.45, 7) is 3.24. The first kappa shape index (κ1) is 11.5. The van der Waals surface area contributed by atoms with Crippen LogP contribution >= 0.6 is 0 Å². The number of H-pyrrole nitrogens is 1. The Morgan fingerprint density at radius 3 is 2.94 bits per heavy atom. The molecule has 1 heterocycles. The van der Waals surface area contributed by atoms with Gasteiger partial charge in [-0.1, -0.05) is 19.8 Å². The smallest absolute Gasteiger partial charge is 0.201 e. The Hall–Kier alpha value is -1.58. The summed E-state index contributed by atoms with van der Waals surface area (Å²) in [5.74, 6) is 0.504. The van der Waals surface area contributed by atoms with Crippen molar-refractivity contribution in [3.05, 3.63) is 24.0 Å². The molecule has 1 aliphatic rings. The molecule has 0 amide bonds. The fraction of sp³-hybridized carbons (Fsp3) is 0.500. The Morgan fingerprint density at radius 2 is 2.17 bits per heavy atom. The molecule has 1 saturated carbocycles. The van der Waals surface area contributed by atoms with Gasteiger partial charge in [0.15, 0.2) is 0 Å². The van der Waals surface area contributed by atoms with Gasteiger partial charge in [-0.3, -0.25) is 0 Å². The summed E-state index contributed by atoms with van der Waals surface area (Å²) in [4.78, 5) is 7.53. The Bertz CT molecular complexity index is 555. The number of nitrogens with zero attached hydrogens (tertiary/aromatic N) is 1. The molecule has 3 nitrogen and oxygen atoms in total. The first-order valence-corrected chi connectivity index (χ1v) is 6.54.